The van der Waals surface area contributed by atoms with Crippen LogP contribution in [-0.2, 0) is 28.7 Å². The molecule has 2 amide bonds. The second-order valence-electron chi connectivity index (χ2n) is 11.3. The van der Waals surface area contributed by atoms with Crippen LogP contribution in [0.25, 0.3) is 0 Å². The Labute approximate surface area is 260 Å². The van der Waals surface area contributed by atoms with Gasteiger partial charge >= 0.3 is 11.9 Å². The molecule has 11 heteroatoms. The molecule has 0 aromatic rings. The summed E-state index contributed by atoms with van der Waals surface area (Å²) in [6, 6.07) is 0. The molecule has 0 spiro atoms. The van der Waals surface area contributed by atoms with E-state index in [0.717, 1.165) is 90.0 Å². The molecule has 0 unspecified atom stereocenters. The highest BCUT2D eigenvalue weighted by atomic mass is 16.6. The van der Waals surface area contributed by atoms with E-state index in [2.05, 4.69) is 16.1 Å². The number of hydrogen-bond donors (Lipinski definition) is 5. The van der Waals surface area contributed by atoms with Crippen LogP contribution in [0.15, 0.2) is 0 Å². The highest BCUT2D eigenvalue weighted by molar-refractivity contribution is 5.93. The summed E-state index contributed by atoms with van der Waals surface area (Å²) in [6.07, 6.45) is 14.3. The lowest BCUT2D eigenvalue weighted by molar-refractivity contribution is -0.176. The molecule has 0 aromatic heterocycles. The Bertz CT molecular complexity index is 724. The quantitative estimate of drug-likeness (QED) is 0.0432. The van der Waals surface area contributed by atoms with E-state index >= 15 is 0 Å². The molecule has 0 aliphatic carbocycles. The number of rotatable bonds is 30. The minimum Gasteiger partial charge on any atom is -0.448 e. The van der Waals surface area contributed by atoms with E-state index in [-0.39, 0.29) is 12.8 Å². The maximum atomic E-state index is 13.0. The molecule has 0 aliphatic rings. The third-order valence-electron chi connectivity index (χ3n) is 7.16. The number of unbranched alkanes of at least 4 members (excludes halogenated alkanes) is 14. The molecule has 0 radical (unpaired) electrons. The highest BCUT2D eigenvalue weighted by Gasteiger charge is 2.39. The van der Waals surface area contributed by atoms with Crippen LogP contribution in [0.4, 0.5) is 0 Å². The van der Waals surface area contributed by atoms with Crippen molar-refractivity contribution in [2.75, 3.05) is 26.2 Å². The van der Waals surface area contributed by atoms with Crippen molar-refractivity contribution >= 4 is 23.8 Å². The van der Waals surface area contributed by atoms with Crippen molar-refractivity contribution in [1.82, 2.24) is 16.1 Å². The Morgan fingerprint density at radius 3 is 1.26 bits per heavy atom. The van der Waals surface area contributed by atoms with Crippen LogP contribution in [0.1, 0.15) is 142 Å². The largest absolute Gasteiger partial charge is 0.448 e. The molecule has 0 saturated heterocycles. The number of hydroxylamine groups is 1. The Hall–Kier alpha value is -2.24. The van der Waals surface area contributed by atoms with Crippen molar-refractivity contribution in [2.24, 2.45) is 5.73 Å². The molecule has 0 fully saturated rings. The van der Waals surface area contributed by atoms with E-state index in [9.17, 15) is 19.2 Å². The zero-order valence-corrected chi connectivity index (χ0v) is 27.1. The first kappa shape index (κ1) is 40.8. The van der Waals surface area contributed by atoms with Gasteiger partial charge in [-0.05, 0) is 45.1 Å². The van der Waals surface area contributed by atoms with Gasteiger partial charge in [-0.25, -0.2) is 5.48 Å². The molecule has 0 heterocycles. The van der Waals surface area contributed by atoms with Crippen LogP contribution in [0.5, 0.6) is 0 Å². The lowest BCUT2D eigenvalue weighted by Crippen LogP contribution is -2.53. The second kappa shape index (κ2) is 29.8. The summed E-state index contributed by atoms with van der Waals surface area (Å²) in [4.78, 5) is 51.5. The number of nitrogens with two attached hydrogens (primary N) is 1. The molecule has 11 nitrogen and oxygen atoms in total. The summed E-state index contributed by atoms with van der Waals surface area (Å²) in [5.74, 6) is -2.47. The van der Waals surface area contributed by atoms with E-state index < -0.39 is 36.0 Å². The van der Waals surface area contributed by atoms with Gasteiger partial charge in [0.1, 0.15) is 0 Å². The van der Waals surface area contributed by atoms with Crippen LogP contribution in [-0.4, -0.2) is 67.3 Å². The zero-order valence-electron chi connectivity index (χ0n) is 27.1. The number of carbonyl (C=O) groups excluding carboxylic acids is 4. The van der Waals surface area contributed by atoms with E-state index in [0.29, 0.717) is 45.3 Å². The fourth-order valence-corrected chi connectivity index (χ4v) is 4.61. The monoisotopic (exact) mass is 614 g/mol. The summed E-state index contributed by atoms with van der Waals surface area (Å²) in [7, 11) is 0. The van der Waals surface area contributed by atoms with Gasteiger partial charge in [0.15, 0.2) is 0 Å². The molecule has 0 aliphatic heterocycles. The molecule has 2 atom stereocenters. The van der Waals surface area contributed by atoms with Crippen LogP contribution >= 0.6 is 0 Å². The van der Waals surface area contributed by atoms with Gasteiger partial charge in [-0.1, -0.05) is 90.9 Å². The first-order chi connectivity index (χ1) is 20.9. The minimum atomic E-state index is -1.55. The van der Waals surface area contributed by atoms with E-state index in [1.807, 2.05) is 13.8 Å². The van der Waals surface area contributed by atoms with Gasteiger partial charge in [-0.3, -0.25) is 19.2 Å². The van der Waals surface area contributed by atoms with Crippen LogP contribution < -0.4 is 21.8 Å². The van der Waals surface area contributed by atoms with Crippen LogP contribution in [0.2, 0.25) is 0 Å². The fraction of sp³-hybridized carbons (Fsp3) is 0.875. The Morgan fingerprint density at radius 2 is 0.907 bits per heavy atom. The van der Waals surface area contributed by atoms with Crippen molar-refractivity contribution in [1.29, 1.82) is 0 Å². The predicted octanol–water partition coefficient (Wildman–Crippen LogP) is 4.82. The third-order valence-corrected chi connectivity index (χ3v) is 7.16. The van der Waals surface area contributed by atoms with Crippen molar-refractivity contribution in [3.63, 3.8) is 0 Å². The number of nitrogens with one attached hydrogen (secondary N) is 3. The van der Waals surface area contributed by atoms with Gasteiger partial charge in [-0.15, -0.1) is 0 Å². The summed E-state index contributed by atoms with van der Waals surface area (Å²) in [5.41, 5.74) is 7.68. The molecular weight excluding hydrogens is 552 g/mol. The van der Waals surface area contributed by atoms with Gasteiger partial charge in [0.25, 0.3) is 11.8 Å². The maximum Gasteiger partial charge on any atom is 0.306 e. The Kier molecular flexibility index (Phi) is 28.3. The summed E-state index contributed by atoms with van der Waals surface area (Å²) >= 11 is 0. The van der Waals surface area contributed by atoms with Gasteiger partial charge in [0.2, 0.25) is 12.2 Å². The molecule has 0 bridgehead atoms. The fourth-order valence-electron chi connectivity index (χ4n) is 4.61. The average Bonchev–Trinajstić information content (AvgIpc) is 3.00. The Balaban J connectivity index is 4.94. The number of ether oxygens (including phenoxy) is 2. The molecular formula is C32H62N4O7. The summed E-state index contributed by atoms with van der Waals surface area (Å²) in [6.45, 7) is 5.79. The second-order valence-corrected chi connectivity index (χ2v) is 11.3. The van der Waals surface area contributed by atoms with Crippen LogP contribution in [0.3, 0.4) is 0 Å². The topological polar surface area (TPSA) is 169 Å². The van der Waals surface area contributed by atoms with Gasteiger partial charge in [0.05, 0.1) is 0 Å². The summed E-state index contributed by atoms with van der Waals surface area (Å²) < 4.78 is 11.1. The Morgan fingerprint density at radius 1 is 0.558 bits per heavy atom. The van der Waals surface area contributed by atoms with Gasteiger partial charge in [0, 0.05) is 32.5 Å². The molecule has 0 aromatic carbocycles. The van der Waals surface area contributed by atoms with E-state index in [1.54, 1.807) is 0 Å². The predicted molar refractivity (Wildman–Crippen MR) is 168 cm³/mol. The smallest absolute Gasteiger partial charge is 0.306 e. The number of carbonyl (C=O) groups is 4. The van der Waals surface area contributed by atoms with Gasteiger partial charge in [-0.2, -0.15) is 0 Å². The van der Waals surface area contributed by atoms with Gasteiger partial charge < -0.3 is 31.0 Å². The first-order valence-electron chi connectivity index (χ1n) is 16.9. The molecule has 252 valence electrons. The normalized spacial score (nSPS) is 12.4. The average molecular weight is 615 g/mol. The molecule has 0 saturated carbocycles. The van der Waals surface area contributed by atoms with Crippen molar-refractivity contribution in [2.45, 2.75) is 154 Å². The van der Waals surface area contributed by atoms with Crippen molar-refractivity contribution in [3.05, 3.63) is 0 Å². The standard InChI is InChI=1S/C32H62N4O7/c1-3-24-34-31(39)29(42-27(37)21-17-13-9-5-7-11-15-19-23-33)30(32(40)35-25-4-2)43-28(38)22-18-14-10-6-8-12-16-20-26-36-41/h29-30,36,41H,3-26,33H2,1-2H3,(H,34,39)(H,35,40)/t29-,30-/m1/s1. The first-order valence-corrected chi connectivity index (χ1v) is 16.9. The molecule has 43 heavy (non-hydrogen) atoms. The van der Waals surface area contributed by atoms with Crippen LogP contribution in [0, 0.1) is 0 Å². The van der Waals surface area contributed by atoms with Crippen molar-refractivity contribution in [3.8, 4) is 0 Å². The van der Waals surface area contributed by atoms with Crippen molar-refractivity contribution < 1.29 is 33.9 Å². The molecule has 6 N–H and O–H groups in total. The summed E-state index contributed by atoms with van der Waals surface area (Å²) in [5, 5.41) is 14.0. The number of hydrogen-bond acceptors (Lipinski definition) is 9. The zero-order chi connectivity index (χ0) is 32.0. The minimum absolute atomic E-state index is 0.114. The maximum absolute atomic E-state index is 13.0. The lowest BCUT2D eigenvalue weighted by atomic mass is 10.1. The number of amides is 2. The van der Waals surface area contributed by atoms with E-state index in [1.165, 1.54) is 6.42 Å². The SMILES string of the molecule is CCCNC(=O)[C@H](OC(=O)CCCCCCCCCCN)[C@@H](OC(=O)CCCCCCCCCCNO)C(=O)NCCC. The van der Waals surface area contributed by atoms with E-state index in [4.69, 9.17) is 20.4 Å². The molecule has 0 rings (SSSR count). The third kappa shape index (κ3) is 23.8. The number of esters is 2. The highest BCUT2D eigenvalue weighted by Crippen LogP contribution is 2.15. The lowest BCUT2D eigenvalue weighted by Gasteiger charge is -2.25.